The number of hydrogen-bond acceptors (Lipinski definition) is 3. The third kappa shape index (κ3) is 3.21. The van der Waals surface area contributed by atoms with Gasteiger partial charge in [-0.3, -0.25) is 4.79 Å². The largest absolute Gasteiger partial charge is 0.399 e. The molecule has 1 amide bonds. The van der Waals surface area contributed by atoms with E-state index in [-0.39, 0.29) is 17.5 Å². The van der Waals surface area contributed by atoms with Crippen LogP contribution in [0.1, 0.15) is 35.2 Å². The van der Waals surface area contributed by atoms with Crippen LogP contribution < -0.4 is 11.1 Å². The molecule has 2 atom stereocenters. The first kappa shape index (κ1) is 14.2. The number of benzene rings is 1. The van der Waals surface area contributed by atoms with Gasteiger partial charge < -0.3 is 11.1 Å². The standard InChI is InChI=1S/C14H19FN2OS/c1-8-5-9(16)6-12(13(8)15)14(18)17-10-3-4-11(7-10)19-2/h5-6,10-11H,3-4,7,16H2,1-2H3,(H,17,18). The van der Waals surface area contributed by atoms with Gasteiger partial charge in [0.2, 0.25) is 0 Å². The lowest BCUT2D eigenvalue weighted by Crippen LogP contribution is -2.33. The van der Waals surface area contributed by atoms with Crippen LogP contribution >= 0.6 is 11.8 Å². The van der Waals surface area contributed by atoms with E-state index in [4.69, 9.17) is 5.73 Å². The average molecular weight is 282 g/mol. The molecule has 1 saturated carbocycles. The third-order valence-corrected chi connectivity index (χ3v) is 4.67. The molecular formula is C14H19FN2OS. The Morgan fingerprint density at radius 2 is 2.21 bits per heavy atom. The first-order valence-electron chi connectivity index (χ1n) is 6.40. The summed E-state index contributed by atoms with van der Waals surface area (Å²) in [5.74, 6) is -0.842. The summed E-state index contributed by atoms with van der Waals surface area (Å²) in [6.07, 6.45) is 5.09. The smallest absolute Gasteiger partial charge is 0.254 e. The molecule has 1 fully saturated rings. The van der Waals surface area contributed by atoms with Crippen molar-refractivity contribution in [3.63, 3.8) is 0 Å². The molecule has 0 spiro atoms. The van der Waals surface area contributed by atoms with Crippen molar-refractivity contribution >= 4 is 23.4 Å². The molecule has 1 aliphatic rings. The van der Waals surface area contributed by atoms with Crippen LogP contribution in [-0.4, -0.2) is 23.5 Å². The number of rotatable bonds is 3. The summed E-state index contributed by atoms with van der Waals surface area (Å²) in [6.45, 7) is 1.61. The maximum absolute atomic E-state index is 13.9. The number of aryl methyl sites for hydroxylation is 1. The summed E-state index contributed by atoms with van der Waals surface area (Å²) in [7, 11) is 0. The number of amides is 1. The van der Waals surface area contributed by atoms with Gasteiger partial charge in [0.05, 0.1) is 5.56 Å². The highest BCUT2D eigenvalue weighted by Crippen LogP contribution is 2.28. The second kappa shape index (κ2) is 5.82. The van der Waals surface area contributed by atoms with Gasteiger partial charge in [0.25, 0.3) is 5.91 Å². The summed E-state index contributed by atoms with van der Waals surface area (Å²) in [6, 6.07) is 3.08. The number of anilines is 1. The van der Waals surface area contributed by atoms with Crippen molar-refractivity contribution in [2.45, 2.75) is 37.5 Å². The maximum atomic E-state index is 13.9. The van der Waals surface area contributed by atoms with Gasteiger partial charge in [0, 0.05) is 17.0 Å². The van der Waals surface area contributed by atoms with Crippen LogP contribution in [0.4, 0.5) is 10.1 Å². The minimum absolute atomic E-state index is 0.0464. The van der Waals surface area contributed by atoms with Gasteiger partial charge in [-0.05, 0) is 50.1 Å². The van der Waals surface area contributed by atoms with Gasteiger partial charge in [-0.2, -0.15) is 11.8 Å². The van der Waals surface area contributed by atoms with Crippen LogP contribution in [-0.2, 0) is 0 Å². The zero-order chi connectivity index (χ0) is 14.0. The number of carbonyl (C=O) groups excluding carboxylic acids is 1. The monoisotopic (exact) mass is 282 g/mol. The van der Waals surface area contributed by atoms with E-state index in [0.717, 1.165) is 19.3 Å². The molecule has 104 valence electrons. The Morgan fingerprint density at radius 1 is 1.47 bits per heavy atom. The lowest BCUT2D eigenvalue weighted by atomic mass is 10.1. The first-order chi connectivity index (χ1) is 9.01. The second-order valence-electron chi connectivity index (χ2n) is 5.04. The number of nitrogen functional groups attached to an aromatic ring is 1. The van der Waals surface area contributed by atoms with Crippen molar-refractivity contribution in [3.05, 3.63) is 29.1 Å². The molecule has 0 saturated heterocycles. The van der Waals surface area contributed by atoms with Crippen molar-refractivity contribution in [2.24, 2.45) is 0 Å². The number of nitrogens with one attached hydrogen (secondary N) is 1. The quantitative estimate of drug-likeness (QED) is 0.838. The zero-order valence-corrected chi connectivity index (χ0v) is 12.0. The van der Waals surface area contributed by atoms with Crippen molar-refractivity contribution in [1.82, 2.24) is 5.32 Å². The maximum Gasteiger partial charge on any atom is 0.254 e. The molecule has 0 radical (unpaired) electrons. The van der Waals surface area contributed by atoms with E-state index in [9.17, 15) is 9.18 Å². The van der Waals surface area contributed by atoms with Crippen LogP contribution in [0.5, 0.6) is 0 Å². The predicted octanol–water partition coefficient (Wildman–Crippen LogP) is 2.73. The fourth-order valence-corrected chi connectivity index (χ4v) is 3.31. The molecule has 2 rings (SSSR count). The minimum atomic E-state index is -0.480. The molecule has 0 bridgehead atoms. The molecule has 1 aromatic rings. The zero-order valence-electron chi connectivity index (χ0n) is 11.2. The van der Waals surface area contributed by atoms with Crippen molar-refractivity contribution in [3.8, 4) is 0 Å². The Morgan fingerprint density at radius 3 is 2.84 bits per heavy atom. The molecule has 19 heavy (non-hydrogen) atoms. The van der Waals surface area contributed by atoms with Crippen LogP contribution in [0.25, 0.3) is 0 Å². The average Bonchev–Trinajstić information content (AvgIpc) is 2.81. The Kier molecular flexibility index (Phi) is 4.34. The highest BCUT2D eigenvalue weighted by atomic mass is 32.2. The van der Waals surface area contributed by atoms with Gasteiger partial charge in [-0.1, -0.05) is 0 Å². The normalized spacial score (nSPS) is 22.5. The number of thioether (sulfide) groups is 1. The molecule has 3 nitrogen and oxygen atoms in total. The Bertz CT molecular complexity index is 493. The summed E-state index contributed by atoms with van der Waals surface area (Å²) in [4.78, 5) is 12.1. The van der Waals surface area contributed by atoms with E-state index in [1.165, 1.54) is 12.1 Å². The summed E-state index contributed by atoms with van der Waals surface area (Å²) >= 11 is 1.82. The van der Waals surface area contributed by atoms with E-state index in [2.05, 4.69) is 11.6 Å². The van der Waals surface area contributed by atoms with Gasteiger partial charge in [-0.15, -0.1) is 0 Å². The first-order valence-corrected chi connectivity index (χ1v) is 7.69. The van der Waals surface area contributed by atoms with E-state index in [1.807, 2.05) is 11.8 Å². The van der Waals surface area contributed by atoms with Crippen molar-refractivity contribution in [2.75, 3.05) is 12.0 Å². The highest BCUT2D eigenvalue weighted by Gasteiger charge is 2.26. The number of halogens is 1. The van der Waals surface area contributed by atoms with Crippen molar-refractivity contribution in [1.29, 1.82) is 0 Å². The van der Waals surface area contributed by atoms with Crippen molar-refractivity contribution < 1.29 is 9.18 Å². The molecule has 0 aromatic heterocycles. The summed E-state index contributed by atoms with van der Waals surface area (Å²) in [5, 5.41) is 3.50. The van der Waals surface area contributed by atoms with Crippen LogP contribution in [0.15, 0.2) is 12.1 Å². The number of hydrogen-bond donors (Lipinski definition) is 2. The summed E-state index contributed by atoms with van der Waals surface area (Å²) in [5.41, 5.74) is 6.53. The molecule has 3 N–H and O–H groups in total. The highest BCUT2D eigenvalue weighted by molar-refractivity contribution is 7.99. The Labute approximate surface area is 117 Å². The van der Waals surface area contributed by atoms with E-state index >= 15 is 0 Å². The number of carbonyl (C=O) groups is 1. The Balaban J connectivity index is 2.08. The molecule has 5 heteroatoms. The van der Waals surface area contributed by atoms with Gasteiger partial charge in [0.1, 0.15) is 5.82 Å². The van der Waals surface area contributed by atoms with E-state index < -0.39 is 5.82 Å². The molecule has 1 aliphatic carbocycles. The lowest BCUT2D eigenvalue weighted by Gasteiger charge is -2.14. The van der Waals surface area contributed by atoms with Gasteiger partial charge in [0.15, 0.2) is 0 Å². The third-order valence-electron chi connectivity index (χ3n) is 3.57. The van der Waals surface area contributed by atoms with Gasteiger partial charge in [-0.25, -0.2) is 4.39 Å². The predicted molar refractivity (Wildman–Crippen MR) is 78.0 cm³/mol. The molecule has 2 unspecified atom stereocenters. The fourth-order valence-electron chi connectivity index (χ4n) is 2.51. The second-order valence-corrected chi connectivity index (χ2v) is 6.18. The minimum Gasteiger partial charge on any atom is -0.399 e. The molecular weight excluding hydrogens is 263 g/mol. The van der Waals surface area contributed by atoms with Crippen LogP contribution in [0.3, 0.4) is 0 Å². The topological polar surface area (TPSA) is 55.1 Å². The van der Waals surface area contributed by atoms with E-state index in [1.54, 1.807) is 6.92 Å². The molecule has 1 aromatic carbocycles. The Hall–Kier alpha value is -1.23. The van der Waals surface area contributed by atoms with Gasteiger partial charge >= 0.3 is 0 Å². The molecule has 0 aliphatic heterocycles. The van der Waals surface area contributed by atoms with E-state index in [0.29, 0.717) is 16.5 Å². The number of nitrogens with two attached hydrogens (primary N) is 1. The SMILES string of the molecule is CSC1CCC(NC(=O)c2cc(N)cc(C)c2F)C1. The lowest BCUT2D eigenvalue weighted by molar-refractivity contribution is 0.0934. The summed E-state index contributed by atoms with van der Waals surface area (Å²) < 4.78 is 13.9. The van der Waals surface area contributed by atoms with Crippen LogP contribution in [0.2, 0.25) is 0 Å². The van der Waals surface area contributed by atoms with Crippen LogP contribution in [0, 0.1) is 12.7 Å². The fraction of sp³-hybridized carbons (Fsp3) is 0.500. The molecule has 0 heterocycles.